The van der Waals surface area contributed by atoms with E-state index in [-0.39, 0.29) is 0 Å². The summed E-state index contributed by atoms with van der Waals surface area (Å²) in [5, 5.41) is 9.37. The van der Waals surface area contributed by atoms with Gasteiger partial charge in [0, 0.05) is 28.7 Å². The van der Waals surface area contributed by atoms with Crippen LogP contribution in [-0.2, 0) is 9.53 Å². The van der Waals surface area contributed by atoms with Crippen molar-refractivity contribution >= 4 is 28.9 Å². The first kappa shape index (κ1) is 11.9. The number of methoxy groups -OCH3 is 1. The number of H-pyrrole nitrogens is 1. The maximum atomic E-state index is 11.4. The van der Waals surface area contributed by atoms with Crippen molar-refractivity contribution in [2.75, 3.05) is 7.11 Å². The summed E-state index contributed by atoms with van der Waals surface area (Å²) < 4.78 is 4.64. The Morgan fingerprint density at radius 3 is 2.83 bits per heavy atom. The van der Waals surface area contributed by atoms with Gasteiger partial charge in [0.25, 0.3) is 0 Å². The second-order valence-electron chi connectivity index (χ2n) is 3.67. The van der Waals surface area contributed by atoms with Crippen LogP contribution >= 0.6 is 0 Å². The summed E-state index contributed by atoms with van der Waals surface area (Å²) in [6.45, 7) is 0. The van der Waals surface area contributed by atoms with E-state index in [9.17, 15) is 9.59 Å². The molecule has 0 radical (unpaired) electrons. The number of benzene rings is 1. The zero-order valence-corrected chi connectivity index (χ0v) is 9.64. The number of hydrogen-bond acceptors (Lipinski definition) is 3. The van der Waals surface area contributed by atoms with Gasteiger partial charge in [-0.15, -0.1) is 0 Å². The largest absolute Gasteiger partial charge is 0.478 e. The van der Waals surface area contributed by atoms with E-state index in [1.165, 1.54) is 13.2 Å². The van der Waals surface area contributed by atoms with Crippen LogP contribution in [0.1, 0.15) is 15.9 Å². The Labute approximate surface area is 103 Å². The first-order valence-electron chi connectivity index (χ1n) is 5.22. The second kappa shape index (κ2) is 4.75. The number of ether oxygens (including phenoxy) is 1. The van der Waals surface area contributed by atoms with Gasteiger partial charge in [-0.3, -0.25) is 0 Å². The molecule has 0 bridgehead atoms. The van der Waals surface area contributed by atoms with E-state index >= 15 is 0 Å². The van der Waals surface area contributed by atoms with Crippen LogP contribution in [0, 0.1) is 0 Å². The van der Waals surface area contributed by atoms with Crippen LogP contribution < -0.4 is 0 Å². The lowest BCUT2D eigenvalue weighted by molar-refractivity contribution is -0.131. The maximum Gasteiger partial charge on any atom is 0.337 e. The van der Waals surface area contributed by atoms with Crippen LogP contribution in [-0.4, -0.2) is 29.1 Å². The number of rotatable bonds is 3. The summed E-state index contributed by atoms with van der Waals surface area (Å²) in [6.07, 6.45) is 4.21. The number of carboxylic acid groups (broad SMARTS) is 1. The number of carbonyl (C=O) groups excluding carboxylic acids is 1. The molecule has 0 aliphatic rings. The molecule has 0 fully saturated rings. The third-order valence-electron chi connectivity index (χ3n) is 2.54. The van der Waals surface area contributed by atoms with E-state index in [1.807, 2.05) is 0 Å². The monoisotopic (exact) mass is 245 g/mol. The zero-order chi connectivity index (χ0) is 13.1. The zero-order valence-electron chi connectivity index (χ0n) is 9.64. The summed E-state index contributed by atoms with van der Waals surface area (Å²) in [5.74, 6) is -1.44. The Morgan fingerprint density at radius 2 is 2.17 bits per heavy atom. The smallest absolute Gasteiger partial charge is 0.337 e. The van der Waals surface area contributed by atoms with Gasteiger partial charge in [-0.2, -0.15) is 0 Å². The fourth-order valence-electron chi connectivity index (χ4n) is 1.69. The van der Waals surface area contributed by atoms with Gasteiger partial charge in [-0.1, -0.05) is 0 Å². The Balaban J connectivity index is 2.49. The number of fused-ring (bicyclic) bond motifs is 1. The van der Waals surface area contributed by atoms with Crippen LogP contribution in [0.2, 0.25) is 0 Å². The molecule has 0 aliphatic carbocycles. The molecule has 2 N–H and O–H groups in total. The molecule has 5 nitrogen and oxygen atoms in total. The molecule has 5 heteroatoms. The van der Waals surface area contributed by atoms with Crippen LogP contribution in [0.15, 0.2) is 30.5 Å². The average Bonchev–Trinajstić information content (AvgIpc) is 2.77. The minimum absolute atomic E-state index is 0.425. The van der Waals surface area contributed by atoms with E-state index in [2.05, 4.69) is 9.72 Å². The number of carbonyl (C=O) groups is 2. The van der Waals surface area contributed by atoms with E-state index < -0.39 is 11.9 Å². The summed E-state index contributed by atoms with van der Waals surface area (Å²) in [4.78, 5) is 24.9. The quantitative estimate of drug-likeness (QED) is 0.640. The molecule has 1 aromatic heterocycles. The molecule has 0 saturated heterocycles. The molecular formula is C13H11NO4. The summed E-state index contributed by atoms with van der Waals surface area (Å²) in [7, 11) is 1.31. The van der Waals surface area contributed by atoms with Gasteiger partial charge in [0.05, 0.1) is 12.7 Å². The van der Waals surface area contributed by atoms with Crippen molar-refractivity contribution in [2.45, 2.75) is 0 Å². The van der Waals surface area contributed by atoms with E-state index in [1.54, 1.807) is 24.4 Å². The van der Waals surface area contributed by atoms with Gasteiger partial charge in [-0.25, -0.2) is 9.59 Å². The van der Waals surface area contributed by atoms with Gasteiger partial charge in [0.15, 0.2) is 0 Å². The molecule has 0 amide bonds. The summed E-state index contributed by atoms with van der Waals surface area (Å²) in [5.41, 5.74) is 1.96. The average molecular weight is 245 g/mol. The molecule has 1 aromatic carbocycles. The fourth-order valence-corrected chi connectivity index (χ4v) is 1.69. The molecule has 0 aliphatic heterocycles. The van der Waals surface area contributed by atoms with Crippen molar-refractivity contribution in [3.63, 3.8) is 0 Å². The van der Waals surface area contributed by atoms with Crippen molar-refractivity contribution in [1.29, 1.82) is 0 Å². The molecule has 0 spiro atoms. The molecular weight excluding hydrogens is 234 g/mol. The first-order chi connectivity index (χ1) is 8.61. The predicted molar refractivity (Wildman–Crippen MR) is 66.3 cm³/mol. The summed E-state index contributed by atoms with van der Waals surface area (Å²) >= 11 is 0. The van der Waals surface area contributed by atoms with E-state index in [0.717, 1.165) is 17.0 Å². The molecule has 0 saturated carbocycles. The third kappa shape index (κ3) is 2.24. The Bertz CT molecular complexity index is 639. The van der Waals surface area contributed by atoms with Crippen LogP contribution in [0.25, 0.3) is 17.0 Å². The first-order valence-corrected chi connectivity index (χ1v) is 5.22. The van der Waals surface area contributed by atoms with Gasteiger partial charge < -0.3 is 14.8 Å². The lowest BCUT2D eigenvalue weighted by Crippen LogP contribution is -2.00. The summed E-state index contributed by atoms with van der Waals surface area (Å²) in [6, 6.07) is 5.06. The highest BCUT2D eigenvalue weighted by Gasteiger charge is 2.08. The van der Waals surface area contributed by atoms with Gasteiger partial charge in [-0.05, 0) is 24.3 Å². The molecule has 2 rings (SSSR count). The lowest BCUT2D eigenvalue weighted by atomic mass is 10.1. The van der Waals surface area contributed by atoms with Crippen LogP contribution in [0.4, 0.5) is 0 Å². The number of aromatic amines is 1. The van der Waals surface area contributed by atoms with Gasteiger partial charge in [0.2, 0.25) is 0 Å². The lowest BCUT2D eigenvalue weighted by Gasteiger charge is -1.99. The van der Waals surface area contributed by atoms with Crippen LogP contribution in [0.3, 0.4) is 0 Å². The second-order valence-corrected chi connectivity index (χ2v) is 3.67. The number of carboxylic acids is 1. The van der Waals surface area contributed by atoms with Crippen LogP contribution in [0.5, 0.6) is 0 Å². The standard InChI is InChI=1S/C13H11NO4/c1-18-13(17)8-2-4-11-10(6-8)9(7-14-11)3-5-12(15)16/h2-7,14H,1H3,(H,15,16)/b5-3-. The van der Waals surface area contributed by atoms with E-state index in [4.69, 9.17) is 5.11 Å². The normalized spacial score (nSPS) is 10.9. The van der Waals surface area contributed by atoms with Gasteiger partial charge >= 0.3 is 11.9 Å². The maximum absolute atomic E-state index is 11.4. The Morgan fingerprint density at radius 1 is 1.39 bits per heavy atom. The highest BCUT2D eigenvalue weighted by atomic mass is 16.5. The molecule has 92 valence electrons. The number of aliphatic carboxylic acids is 1. The van der Waals surface area contributed by atoms with Crippen molar-refractivity contribution in [2.24, 2.45) is 0 Å². The fraction of sp³-hybridized carbons (Fsp3) is 0.0769. The SMILES string of the molecule is COC(=O)c1ccc2[nH]cc(/C=C\C(=O)O)c2c1. The predicted octanol–water partition coefficient (Wildman–Crippen LogP) is 2.05. The Hall–Kier alpha value is -2.56. The Kier molecular flexibility index (Phi) is 3.14. The molecule has 2 aromatic rings. The third-order valence-corrected chi connectivity index (χ3v) is 2.54. The minimum Gasteiger partial charge on any atom is -0.478 e. The van der Waals surface area contributed by atoms with Gasteiger partial charge in [0.1, 0.15) is 0 Å². The topological polar surface area (TPSA) is 79.4 Å². The van der Waals surface area contributed by atoms with Crippen molar-refractivity contribution in [3.05, 3.63) is 41.6 Å². The number of nitrogens with one attached hydrogen (secondary N) is 1. The van der Waals surface area contributed by atoms with E-state index in [0.29, 0.717) is 11.1 Å². The molecule has 18 heavy (non-hydrogen) atoms. The number of aromatic nitrogens is 1. The van der Waals surface area contributed by atoms with Crippen molar-refractivity contribution in [1.82, 2.24) is 4.98 Å². The number of esters is 1. The molecule has 0 unspecified atom stereocenters. The van der Waals surface area contributed by atoms with Crippen molar-refractivity contribution < 1.29 is 19.4 Å². The molecule has 1 heterocycles. The molecule has 0 atom stereocenters. The van der Waals surface area contributed by atoms with Crippen molar-refractivity contribution in [3.8, 4) is 0 Å². The number of hydrogen-bond donors (Lipinski definition) is 2. The highest BCUT2D eigenvalue weighted by molar-refractivity contribution is 5.98. The minimum atomic E-state index is -1.02. The highest BCUT2D eigenvalue weighted by Crippen LogP contribution is 2.21.